The first-order valence-corrected chi connectivity index (χ1v) is 6.80. The summed E-state index contributed by atoms with van der Waals surface area (Å²) in [6, 6.07) is 4.90. The molecule has 2 aromatic carbocycles. The van der Waals surface area contributed by atoms with Crippen LogP contribution in [0.4, 0.5) is 13.2 Å². The first-order chi connectivity index (χ1) is 9.90. The van der Waals surface area contributed by atoms with Gasteiger partial charge in [0.15, 0.2) is 22.2 Å². The number of benzene rings is 2. The Balaban J connectivity index is 2.41. The Morgan fingerprint density at radius 2 is 1.67 bits per heavy atom. The SMILES string of the molecule is Fc1ccc(-n2c(=S)[nH]c3cc(Cl)c(Cl)cc32)c(F)c1F. The van der Waals surface area contributed by atoms with E-state index in [1.54, 1.807) is 0 Å². The largest absolute Gasteiger partial charge is 0.330 e. The van der Waals surface area contributed by atoms with Gasteiger partial charge in [-0.05, 0) is 36.5 Å². The van der Waals surface area contributed by atoms with Gasteiger partial charge < -0.3 is 4.98 Å². The minimum atomic E-state index is -1.57. The highest BCUT2D eigenvalue weighted by Gasteiger charge is 2.18. The van der Waals surface area contributed by atoms with Crippen LogP contribution in [0.2, 0.25) is 10.0 Å². The highest BCUT2D eigenvalue weighted by molar-refractivity contribution is 7.71. The molecule has 0 saturated heterocycles. The van der Waals surface area contributed by atoms with Crippen molar-refractivity contribution >= 4 is 46.5 Å². The van der Waals surface area contributed by atoms with Crippen LogP contribution in [0.5, 0.6) is 0 Å². The van der Waals surface area contributed by atoms with Gasteiger partial charge >= 0.3 is 0 Å². The van der Waals surface area contributed by atoms with Gasteiger partial charge in [-0.25, -0.2) is 13.2 Å². The molecule has 0 amide bonds. The summed E-state index contributed by atoms with van der Waals surface area (Å²) in [6.45, 7) is 0. The van der Waals surface area contributed by atoms with Gasteiger partial charge in [0.25, 0.3) is 0 Å². The number of nitrogens with one attached hydrogen (secondary N) is 1. The molecule has 2 nitrogen and oxygen atoms in total. The van der Waals surface area contributed by atoms with Crippen LogP contribution >= 0.6 is 35.4 Å². The first-order valence-electron chi connectivity index (χ1n) is 5.64. The summed E-state index contributed by atoms with van der Waals surface area (Å²) in [4.78, 5) is 2.81. The smallest absolute Gasteiger partial charge is 0.196 e. The van der Waals surface area contributed by atoms with E-state index in [1.807, 2.05) is 0 Å². The molecule has 1 heterocycles. The second kappa shape index (κ2) is 5.05. The summed E-state index contributed by atoms with van der Waals surface area (Å²) in [7, 11) is 0. The molecule has 21 heavy (non-hydrogen) atoms. The molecular weight excluding hydrogens is 344 g/mol. The van der Waals surface area contributed by atoms with Crippen molar-refractivity contribution in [3.05, 3.63) is 56.5 Å². The monoisotopic (exact) mass is 348 g/mol. The highest BCUT2D eigenvalue weighted by Crippen LogP contribution is 2.30. The van der Waals surface area contributed by atoms with Crippen LogP contribution in [0, 0.1) is 22.2 Å². The van der Waals surface area contributed by atoms with Crippen molar-refractivity contribution in [1.82, 2.24) is 9.55 Å². The van der Waals surface area contributed by atoms with Crippen molar-refractivity contribution in [3.8, 4) is 5.69 Å². The normalized spacial score (nSPS) is 11.3. The highest BCUT2D eigenvalue weighted by atomic mass is 35.5. The van der Waals surface area contributed by atoms with E-state index in [0.717, 1.165) is 12.1 Å². The molecule has 1 N–H and O–H groups in total. The van der Waals surface area contributed by atoms with Crippen molar-refractivity contribution < 1.29 is 13.2 Å². The number of H-pyrrole nitrogens is 1. The van der Waals surface area contributed by atoms with Gasteiger partial charge in [-0.15, -0.1) is 0 Å². The van der Waals surface area contributed by atoms with Crippen LogP contribution < -0.4 is 0 Å². The third-order valence-corrected chi connectivity index (χ3v) is 3.99. The summed E-state index contributed by atoms with van der Waals surface area (Å²) in [5.74, 6) is -4.18. The lowest BCUT2D eigenvalue weighted by atomic mass is 10.2. The van der Waals surface area contributed by atoms with E-state index in [4.69, 9.17) is 35.4 Å². The molecule has 0 aliphatic carbocycles. The zero-order valence-corrected chi connectivity index (χ0v) is 12.4. The predicted molar refractivity (Wildman–Crippen MR) is 78.4 cm³/mol. The molecule has 108 valence electrons. The number of halogens is 5. The molecule has 0 aliphatic rings. The number of nitrogens with zero attached hydrogens (tertiary/aromatic N) is 1. The fraction of sp³-hybridized carbons (Fsp3) is 0. The average Bonchev–Trinajstić information content (AvgIpc) is 2.73. The Kier molecular flexibility index (Phi) is 3.47. The summed E-state index contributed by atoms with van der Waals surface area (Å²) in [6.07, 6.45) is 0. The van der Waals surface area contributed by atoms with Gasteiger partial charge in [0.05, 0.1) is 26.8 Å². The summed E-state index contributed by atoms with van der Waals surface area (Å²) >= 11 is 16.9. The van der Waals surface area contributed by atoms with Gasteiger partial charge in [0.1, 0.15) is 0 Å². The van der Waals surface area contributed by atoms with E-state index >= 15 is 0 Å². The van der Waals surface area contributed by atoms with Crippen molar-refractivity contribution in [2.75, 3.05) is 0 Å². The summed E-state index contributed by atoms with van der Waals surface area (Å²) < 4.78 is 41.7. The first kappa shape index (κ1) is 14.4. The Morgan fingerprint density at radius 1 is 1.00 bits per heavy atom. The predicted octanol–water partition coefficient (Wildman–Crippen LogP) is 5.41. The molecule has 3 rings (SSSR count). The molecule has 0 unspecified atom stereocenters. The summed E-state index contributed by atoms with van der Waals surface area (Å²) in [5, 5.41) is 0.522. The standard InChI is InChI=1S/C13H5Cl2F3N2S/c14-5-3-8-10(4-6(5)15)20(13(21)19-8)9-2-1-7(16)11(17)12(9)18/h1-4H,(H,19,21). The quantitative estimate of drug-likeness (QED) is 0.460. The number of aromatic nitrogens is 2. The molecular formula is C13H5Cl2F3N2S. The topological polar surface area (TPSA) is 20.7 Å². The van der Waals surface area contributed by atoms with Gasteiger partial charge in [-0.2, -0.15) is 0 Å². The lowest BCUT2D eigenvalue weighted by molar-refractivity contribution is 0.445. The minimum absolute atomic E-state index is 0.105. The van der Waals surface area contributed by atoms with Crippen LogP contribution in [0.3, 0.4) is 0 Å². The molecule has 1 aromatic heterocycles. The molecule has 0 radical (unpaired) electrons. The van der Waals surface area contributed by atoms with Crippen LogP contribution in [-0.4, -0.2) is 9.55 Å². The number of fused-ring (bicyclic) bond motifs is 1. The Bertz CT molecular complexity index is 933. The fourth-order valence-electron chi connectivity index (χ4n) is 2.03. The van der Waals surface area contributed by atoms with Crippen molar-refractivity contribution in [2.45, 2.75) is 0 Å². The van der Waals surface area contributed by atoms with Crippen molar-refractivity contribution in [1.29, 1.82) is 0 Å². The molecule has 3 aromatic rings. The zero-order valence-electron chi connectivity index (χ0n) is 10.1. The Morgan fingerprint density at radius 3 is 2.38 bits per heavy atom. The number of hydrogen-bond donors (Lipinski definition) is 1. The lowest BCUT2D eigenvalue weighted by Gasteiger charge is -2.07. The molecule has 0 saturated carbocycles. The van der Waals surface area contributed by atoms with Crippen LogP contribution in [0.25, 0.3) is 16.7 Å². The maximum atomic E-state index is 14.0. The maximum absolute atomic E-state index is 14.0. The molecule has 8 heteroatoms. The van der Waals surface area contributed by atoms with Crippen molar-refractivity contribution in [3.63, 3.8) is 0 Å². The second-order valence-corrected chi connectivity index (χ2v) is 5.44. The van der Waals surface area contributed by atoms with Gasteiger partial charge in [-0.1, -0.05) is 23.2 Å². The minimum Gasteiger partial charge on any atom is -0.330 e. The van der Waals surface area contributed by atoms with Crippen LogP contribution in [0.1, 0.15) is 0 Å². The fourth-order valence-corrected chi connectivity index (χ4v) is 2.66. The average molecular weight is 349 g/mol. The number of hydrogen-bond acceptors (Lipinski definition) is 1. The Labute approximate surface area is 131 Å². The van der Waals surface area contributed by atoms with Gasteiger partial charge in [0, 0.05) is 0 Å². The molecule has 0 fully saturated rings. The lowest BCUT2D eigenvalue weighted by Crippen LogP contribution is -2.02. The van der Waals surface area contributed by atoms with E-state index in [-0.39, 0.29) is 15.5 Å². The van der Waals surface area contributed by atoms with Crippen LogP contribution in [-0.2, 0) is 0 Å². The number of aromatic amines is 1. The third-order valence-electron chi connectivity index (χ3n) is 2.98. The van der Waals surface area contributed by atoms with E-state index in [2.05, 4.69) is 4.98 Å². The van der Waals surface area contributed by atoms with E-state index in [1.165, 1.54) is 16.7 Å². The maximum Gasteiger partial charge on any atom is 0.196 e. The van der Waals surface area contributed by atoms with Crippen LogP contribution in [0.15, 0.2) is 24.3 Å². The van der Waals surface area contributed by atoms with E-state index in [9.17, 15) is 13.2 Å². The van der Waals surface area contributed by atoms with E-state index in [0.29, 0.717) is 16.1 Å². The van der Waals surface area contributed by atoms with Gasteiger partial charge in [-0.3, -0.25) is 4.57 Å². The van der Waals surface area contributed by atoms with E-state index < -0.39 is 17.5 Å². The molecule has 0 spiro atoms. The number of imidazole rings is 1. The number of rotatable bonds is 1. The zero-order chi connectivity index (χ0) is 15.3. The summed E-state index contributed by atoms with van der Waals surface area (Å²) in [5.41, 5.74) is 0.682. The Hall–Kier alpha value is -1.50. The molecule has 0 aliphatic heterocycles. The molecule has 0 bridgehead atoms. The second-order valence-electron chi connectivity index (χ2n) is 4.24. The van der Waals surface area contributed by atoms with Gasteiger partial charge in [0.2, 0.25) is 0 Å². The van der Waals surface area contributed by atoms with Crippen molar-refractivity contribution in [2.24, 2.45) is 0 Å². The molecule has 0 atom stereocenters. The third kappa shape index (κ3) is 2.23.